The van der Waals surface area contributed by atoms with Crippen LogP contribution in [0.1, 0.15) is 10.5 Å². The fourth-order valence-corrected chi connectivity index (χ4v) is 3.21. The Morgan fingerprint density at radius 3 is 2.64 bits per heavy atom. The van der Waals surface area contributed by atoms with Crippen molar-refractivity contribution in [2.45, 2.75) is 0 Å². The van der Waals surface area contributed by atoms with Crippen molar-refractivity contribution in [3.8, 4) is 22.4 Å². The number of nitrogens with zero attached hydrogens (tertiary/aromatic N) is 3. The minimum atomic E-state index is -0.648. The van der Waals surface area contributed by atoms with Crippen molar-refractivity contribution in [3.05, 3.63) is 76.5 Å². The summed E-state index contributed by atoms with van der Waals surface area (Å²) in [6, 6.07) is 12.0. The molecule has 2 heterocycles. The monoisotopic (exact) mass is 443 g/mol. The van der Waals surface area contributed by atoms with Crippen LogP contribution < -0.4 is 0 Å². The van der Waals surface area contributed by atoms with Gasteiger partial charge in [-0.15, -0.1) is 0 Å². The normalized spacial score (nSPS) is 11.0. The summed E-state index contributed by atoms with van der Waals surface area (Å²) < 4.78 is 34.8. The van der Waals surface area contributed by atoms with Crippen LogP contribution in [0, 0.1) is 11.6 Å². The quantitative estimate of drug-likeness (QED) is 0.423. The van der Waals surface area contributed by atoms with Gasteiger partial charge in [0.25, 0.3) is 0 Å². The minimum absolute atomic E-state index is 0.0227. The number of esters is 1. The van der Waals surface area contributed by atoms with E-state index in [1.165, 1.54) is 42.1 Å². The number of fused-ring (bicyclic) bond motifs is 1. The Bertz CT molecular complexity index is 1220. The molecule has 8 heteroatoms. The Kier molecular flexibility index (Phi) is 4.64. The molecule has 0 unspecified atom stereocenters. The van der Waals surface area contributed by atoms with Crippen LogP contribution in [0.25, 0.3) is 28.0 Å². The number of methoxy groups -OCH3 is 1. The van der Waals surface area contributed by atoms with Crippen molar-refractivity contribution in [1.82, 2.24) is 14.6 Å². The molecule has 0 aliphatic heterocycles. The van der Waals surface area contributed by atoms with E-state index in [0.29, 0.717) is 26.9 Å². The SMILES string of the molecule is COC(=O)c1cc(-c2cccc(F)c2)c2nc(-c3ccc(Br)cc3F)cn2n1. The highest BCUT2D eigenvalue weighted by atomic mass is 79.9. The Labute approximate surface area is 166 Å². The van der Waals surface area contributed by atoms with Crippen molar-refractivity contribution < 1.29 is 18.3 Å². The molecule has 0 fully saturated rings. The predicted molar refractivity (Wildman–Crippen MR) is 103 cm³/mol. The molecule has 4 rings (SSSR count). The number of ether oxygens (including phenoxy) is 1. The van der Waals surface area contributed by atoms with Crippen molar-refractivity contribution in [2.24, 2.45) is 0 Å². The average molecular weight is 444 g/mol. The second-order valence-corrected chi connectivity index (χ2v) is 6.88. The molecule has 0 atom stereocenters. The van der Waals surface area contributed by atoms with Crippen LogP contribution in [0.15, 0.2) is 59.2 Å². The first-order valence-electron chi connectivity index (χ1n) is 8.16. The first kappa shape index (κ1) is 18.2. The number of hydrogen-bond acceptors (Lipinski definition) is 4. The minimum Gasteiger partial charge on any atom is -0.464 e. The van der Waals surface area contributed by atoms with E-state index in [1.807, 2.05) is 0 Å². The van der Waals surface area contributed by atoms with Crippen LogP contribution in [0.2, 0.25) is 0 Å². The molecule has 28 heavy (non-hydrogen) atoms. The van der Waals surface area contributed by atoms with Gasteiger partial charge in [-0.25, -0.2) is 23.1 Å². The summed E-state index contributed by atoms with van der Waals surface area (Å²) in [6.45, 7) is 0. The second kappa shape index (κ2) is 7.12. The molecule has 0 N–H and O–H groups in total. The molecule has 0 spiro atoms. The molecule has 2 aromatic carbocycles. The number of carbonyl (C=O) groups excluding carboxylic acids is 1. The van der Waals surface area contributed by atoms with E-state index in [2.05, 4.69) is 26.0 Å². The van der Waals surface area contributed by atoms with Crippen LogP contribution in [-0.4, -0.2) is 27.7 Å². The molecule has 0 radical (unpaired) electrons. The van der Waals surface area contributed by atoms with Crippen LogP contribution in [0.5, 0.6) is 0 Å². The Hall–Kier alpha value is -3.13. The fourth-order valence-electron chi connectivity index (χ4n) is 2.88. The topological polar surface area (TPSA) is 56.5 Å². The smallest absolute Gasteiger partial charge is 0.358 e. The highest BCUT2D eigenvalue weighted by molar-refractivity contribution is 9.10. The lowest BCUT2D eigenvalue weighted by atomic mass is 10.1. The number of imidazole rings is 1. The maximum Gasteiger partial charge on any atom is 0.358 e. The standard InChI is InChI=1S/C20H12BrF2N3O2/c1-28-20(27)17-9-15(11-3-2-4-13(22)7-11)19-24-18(10-26(19)25-17)14-6-5-12(21)8-16(14)23/h2-10H,1H3. The molecule has 5 nitrogen and oxygen atoms in total. The number of aromatic nitrogens is 3. The lowest BCUT2D eigenvalue weighted by Crippen LogP contribution is -2.08. The Morgan fingerprint density at radius 2 is 1.93 bits per heavy atom. The highest BCUT2D eigenvalue weighted by Gasteiger charge is 2.18. The van der Waals surface area contributed by atoms with E-state index >= 15 is 0 Å². The lowest BCUT2D eigenvalue weighted by Gasteiger charge is -2.06. The largest absolute Gasteiger partial charge is 0.464 e. The molecule has 0 saturated carbocycles. The molecule has 0 aliphatic carbocycles. The van der Waals surface area contributed by atoms with E-state index in [1.54, 1.807) is 24.3 Å². The lowest BCUT2D eigenvalue weighted by molar-refractivity contribution is 0.0592. The van der Waals surface area contributed by atoms with Gasteiger partial charge in [-0.1, -0.05) is 28.1 Å². The fraction of sp³-hybridized carbons (Fsp3) is 0.0500. The zero-order chi connectivity index (χ0) is 19.8. The van der Waals surface area contributed by atoms with E-state index in [9.17, 15) is 13.6 Å². The number of hydrogen-bond donors (Lipinski definition) is 0. The molecule has 0 amide bonds. The van der Waals surface area contributed by atoms with Crippen LogP contribution >= 0.6 is 15.9 Å². The van der Waals surface area contributed by atoms with Crippen molar-refractivity contribution in [3.63, 3.8) is 0 Å². The van der Waals surface area contributed by atoms with Crippen LogP contribution in [0.3, 0.4) is 0 Å². The van der Waals surface area contributed by atoms with Gasteiger partial charge >= 0.3 is 5.97 Å². The molecule has 2 aromatic heterocycles. The predicted octanol–water partition coefficient (Wildman–Crippen LogP) is 4.89. The molecule has 0 saturated heterocycles. The summed E-state index contributed by atoms with van der Waals surface area (Å²) in [6.07, 6.45) is 1.51. The third kappa shape index (κ3) is 3.27. The van der Waals surface area contributed by atoms with Gasteiger partial charge < -0.3 is 4.74 Å². The van der Waals surface area contributed by atoms with Gasteiger partial charge in [0.15, 0.2) is 11.3 Å². The number of rotatable bonds is 3. The average Bonchev–Trinajstić information content (AvgIpc) is 3.10. The molecular weight excluding hydrogens is 432 g/mol. The summed E-state index contributed by atoms with van der Waals surface area (Å²) in [5.74, 6) is -1.54. The van der Waals surface area contributed by atoms with Crippen molar-refractivity contribution in [1.29, 1.82) is 0 Å². The van der Waals surface area contributed by atoms with Gasteiger partial charge in [-0.05, 0) is 42.0 Å². The van der Waals surface area contributed by atoms with Crippen LogP contribution in [0.4, 0.5) is 8.78 Å². The van der Waals surface area contributed by atoms with E-state index in [4.69, 9.17) is 4.74 Å². The summed E-state index contributed by atoms with van der Waals surface area (Å²) in [5, 5.41) is 4.20. The zero-order valence-electron chi connectivity index (χ0n) is 14.5. The first-order chi connectivity index (χ1) is 13.5. The van der Waals surface area contributed by atoms with E-state index in [-0.39, 0.29) is 11.3 Å². The Balaban J connectivity index is 1.98. The molecule has 4 aromatic rings. The molecule has 140 valence electrons. The third-order valence-corrected chi connectivity index (χ3v) is 4.66. The van der Waals surface area contributed by atoms with E-state index in [0.717, 1.165) is 0 Å². The molecule has 0 aliphatic rings. The van der Waals surface area contributed by atoms with Crippen molar-refractivity contribution in [2.75, 3.05) is 7.11 Å². The van der Waals surface area contributed by atoms with Gasteiger partial charge in [-0.2, -0.15) is 5.10 Å². The number of halogens is 3. The maximum atomic E-state index is 14.4. The molecular formula is C20H12BrF2N3O2. The summed E-state index contributed by atoms with van der Waals surface area (Å²) in [5.41, 5.74) is 1.96. The van der Waals surface area contributed by atoms with Gasteiger partial charge in [0, 0.05) is 15.6 Å². The van der Waals surface area contributed by atoms with Crippen LogP contribution in [-0.2, 0) is 4.74 Å². The first-order valence-corrected chi connectivity index (χ1v) is 8.95. The van der Waals surface area contributed by atoms with Crippen molar-refractivity contribution >= 4 is 27.5 Å². The Morgan fingerprint density at radius 1 is 1.11 bits per heavy atom. The number of carbonyl (C=O) groups is 1. The summed E-state index contributed by atoms with van der Waals surface area (Å²) in [7, 11) is 1.24. The van der Waals surface area contributed by atoms with E-state index < -0.39 is 17.6 Å². The van der Waals surface area contributed by atoms with Gasteiger partial charge in [0.1, 0.15) is 11.6 Å². The van der Waals surface area contributed by atoms with Gasteiger partial charge in [0.2, 0.25) is 0 Å². The second-order valence-electron chi connectivity index (χ2n) is 5.96. The summed E-state index contributed by atoms with van der Waals surface area (Å²) in [4.78, 5) is 16.5. The zero-order valence-corrected chi connectivity index (χ0v) is 16.1. The highest BCUT2D eigenvalue weighted by Crippen LogP contribution is 2.30. The third-order valence-electron chi connectivity index (χ3n) is 4.16. The maximum absolute atomic E-state index is 14.4. The molecule has 0 bridgehead atoms. The van der Waals surface area contributed by atoms with Gasteiger partial charge in [-0.3, -0.25) is 0 Å². The summed E-state index contributed by atoms with van der Waals surface area (Å²) >= 11 is 3.22. The van der Waals surface area contributed by atoms with Gasteiger partial charge in [0.05, 0.1) is 19.0 Å². The number of benzene rings is 2.